The van der Waals surface area contributed by atoms with E-state index in [4.69, 9.17) is 23.2 Å². The Morgan fingerprint density at radius 1 is 1.05 bits per heavy atom. The number of hydrogen-bond donors (Lipinski definition) is 2. The van der Waals surface area contributed by atoms with E-state index in [1.807, 2.05) is 18.3 Å². The van der Waals surface area contributed by atoms with Gasteiger partial charge in [-0.1, -0.05) is 35.3 Å². The van der Waals surface area contributed by atoms with E-state index >= 15 is 0 Å². The molecule has 0 aliphatic carbocycles. The summed E-state index contributed by atoms with van der Waals surface area (Å²) in [6.07, 6.45) is 1.94. The van der Waals surface area contributed by atoms with Crippen LogP contribution in [-0.4, -0.2) is 4.98 Å². The number of halogens is 2. The summed E-state index contributed by atoms with van der Waals surface area (Å²) in [5, 5.41) is 5.88. The van der Waals surface area contributed by atoms with E-state index in [-0.39, 0.29) is 0 Å². The number of aromatic amines is 1. The Balaban J connectivity index is 1.86. The van der Waals surface area contributed by atoms with Crippen LogP contribution >= 0.6 is 23.2 Å². The molecule has 0 spiro atoms. The molecule has 0 atom stereocenters. The van der Waals surface area contributed by atoms with Crippen LogP contribution < -0.4 is 5.32 Å². The van der Waals surface area contributed by atoms with Crippen LogP contribution in [0.5, 0.6) is 0 Å². The van der Waals surface area contributed by atoms with Crippen molar-refractivity contribution in [1.82, 2.24) is 4.98 Å². The maximum Gasteiger partial charge on any atom is 0.0638 e. The van der Waals surface area contributed by atoms with Crippen LogP contribution in [0.25, 0.3) is 10.9 Å². The molecule has 0 saturated carbocycles. The van der Waals surface area contributed by atoms with Crippen molar-refractivity contribution in [2.45, 2.75) is 6.54 Å². The molecule has 2 aromatic carbocycles. The first-order valence-electron chi connectivity index (χ1n) is 5.98. The maximum atomic E-state index is 6.13. The second kappa shape index (κ2) is 5.16. The Bertz CT molecular complexity index is 719. The van der Waals surface area contributed by atoms with Crippen LogP contribution in [0.1, 0.15) is 5.56 Å². The van der Waals surface area contributed by atoms with Crippen molar-refractivity contribution in [3.05, 3.63) is 64.3 Å². The molecule has 3 rings (SSSR count). The van der Waals surface area contributed by atoms with E-state index in [9.17, 15) is 0 Å². The van der Waals surface area contributed by atoms with Crippen LogP contribution in [0.2, 0.25) is 10.0 Å². The molecule has 0 aliphatic heterocycles. The highest BCUT2D eigenvalue weighted by molar-refractivity contribution is 6.35. The summed E-state index contributed by atoms with van der Waals surface area (Å²) in [6.45, 7) is 0.704. The SMILES string of the molecule is Clc1ccc(Cl)c(NCc2cccc3[nH]ccc23)c1. The highest BCUT2D eigenvalue weighted by Gasteiger charge is 2.04. The van der Waals surface area contributed by atoms with E-state index in [2.05, 4.69) is 28.5 Å². The number of rotatable bonds is 3. The Morgan fingerprint density at radius 3 is 2.84 bits per heavy atom. The molecule has 96 valence electrons. The standard InChI is InChI=1S/C15H12Cl2N2/c16-11-4-5-13(17)15(8-11)19-9-10-2-1-3-14-12(10)6-7-18-14/h1-8,18-19H,9H2. The van der Waals surface area contributed by atoms with Gasteiger partial charge in [-0.05, 0) is 35.9 Å². The molecule has 4 heteroatoms. The second-order valence-electron chi connectivity index (χ2n) is 4.33. The van der Waals surface area contributed by atoms with Crippen molar-refractivity contribution < 1.29 is 0 Å². The van der Waals surface area contributed by atoms with Crippen LogP contribution in [-0.2, 0) is 6.54 Å². The number of H-pyrrole nitrogens is 1. The molecule has 0 amide bonds. The zero-order valence-corrected chi connectivity index (χ0v) is 11.6. The lowest BCUT2D eigenvalue weighted by Crippen LogP contribution is -2.00. The molecule has 19 heavy (non-hydrogen) atoms. The lowest BCUT2D eigenvalue weighted by Gasteiger charge is -2.09. The van der Waals surface area contributed by atoms with E-state index in [0.717, 1.165) is 11.2 Å². The van der Waals surface area contributed by atoms with Crippen LogP contribution in [0.4, 0.5) is 5.69 Å². The van der Waals surface area contributed by atoms with Gasteiger partial charge in [0.25, 0.3) is 0 Å². The molecule has 0 bridgehead atoms. The fourth-order valence-electron chi connectivity index (χ4n) is 2.13. The van der Waals surface area contributed by atoms with Gasteiger partial charge in [-0.15, -0.1) is 0 Å². The van der Waals surface area contributed by atoms with Crippen molar-refractivity contribution in [3.8, 4) is 0 Å². The van der Waals surface area contributed by atoms with Crippen molar-refractivity contribution >= 4 is 39.8 Å². The van der Waals surface area contributed by atoms with Crippen LogP contribution in [0, 0.1) is 0 Å². The van der Waals surface area contributed by atoms with Gasteiger partial charge in [0.2, 0.25) is 0 Å². The smallest absolute Gasteiger partial charge is 0.0638 e. The Hall–Kier alpha value is -1.64. The van der Waals surface area contributed by atoms with E-state index < -0.39 is 0 Å². The molecular formula is C15H12Cl2N2. The summed E-state index contributed by atoms with van der Waals surface area (Å²) in [5.41, 5.74) is 3.20. The first-order valence-corrected chi connectivity index (χ1v) is 6.73. The van der Waals surface area contributed by atoms with E-state index in [1.54, 1.807) is 12.1 Å². The average molecular weight is 291 g/mol. The van der Waals surface area contributed by atoms with Gasteiger partial charge in [0, 0.05) is 28.7 Å². The largest absolute Gasteiger partial charge is 0.380 e. The monoisotopic (exact) mass is 290 g/mol. The Morgan fingerprint density at radius 2 is 1.95 bits per heavy atom. The predicted octanol–water partition coefficient (Wildman–Crippen LogP) is 5.09. The number of anilines is 1. The van der Waals surface area contributed by atoms with E-state index in [0.29, 0.717) is 16.6 Å². The zero-order chi connectivity index (χ0) is 13.2. The number of fused-ring (bicyclic) bond motifs is 1. The molecule has 2 N–H and O–H groups in total. The number of aromatic nitrogens is 1. The topological polar surface area (TPSA) is 27.8 Å². The third-order valence-corrected chi connectivity index (χ3v) is 3.65. The van der Waals surface area contributed by atoms with Crippen molar-refractivity contribution in [2.75, 3.05) is 5.32 Å². The predicted molar refractivity (Wildman–Crippen MR) is 82.1 cm³/mol. The highest BCUT2D eigenvalue weighted by atomic mass is 35.5. The maximum absolute atomic E-state index is 6.13. The van der Waals surface area contributed by atoms with Gasteiger partial charge in [-0.3, -0.25) is 0 Å². The van der Waals surface area contributed by atoms with Gasteiger partial charge >= 0.3 is 0 Å². The zero-order valence-electron chi connectivity index (χ0n) is 10.1. The average Bonchev–Trinajstić information content (AvgIpc) is 2.88. The Labute approximate surface area is 121 Å². The lowest BCUT2D eigenvalue weighted by molar-refractivity contribution is 1.17. The molecular weight excluding hydrogens is 279 g/mol. The molecule has 0 aliphatic rings. The molecule has 1 heterocycles. The summed E-state index contributed by atoms with van der Waals surface area (Å²) in [6, 6.07) is 13.7. The summed E-state index contributed by atoms with van der Waals surface area (Å²) in [4.78, 5) is 3.20. The number of hydrogen-bond acceptors (Lipinski definition) is 1. The van der Waals surface area contributed by atoms with Gasteiger partial charge in [-0.25, -0.2) is 0 Å². The summed E-state index contributed by atoms with van der Waals surface area (Å²) in [5.74, 6) is 0. The minimum atomic E-state index is 0.672. The molecule has 1 aromatic heterocycles. The minimum Gasteiger partial charge on any atom is -0.380 e. The summed E-state index contributed by atoms with van der Waals surface area (Å²) in [7, 11) is 0. The molecule has 2 nitrogen and oxygen atoms in total. The number of benzene rings is 2. The Kier molecular flexibility index (Phi) is 3.36. The molecule has 3 aromatic rings. The third kappa shape index (κ3) is 2.55. The van der Waals surface area contributed by atoms with Crippen molar-refractivity contribution in [3.63, 3.8) is 0 Å². The van der Waals surface area contributed by atoms with Crippen LogP contribution in [0.3, 0.4) is 0 Å². The van der Waals surface area contributed by atoms with Crippen molar-refractivity contribution in [1.29, 1.82) is 0 Å². The fraction of sp³-hybridized carbons (Fsp3) is 0.0667. The fourth-order valence-corrected chi connectivity index (χ4v) is 2.48. The second-order valence-corrected chi connectivity index (χ2v) is 5.18. The van der Waals surface area contributed by atoms with Gasteiger partial charge in [-0.2, -0.15) is 0 Å². The first kappa shape index (κ1) is 12.4. The van der Waals surface area contributed by atoms with Gasteiger partial charge in [0.15, 0.2) is 0 Å². The third-order valence-electron chi connectivity index (χ3n) is 3.08. The molecule has 0 fully saturated rings. The highest BCUT2D eigenvalue weighted by Crippen LogP contribution is 2.26. The lowest BCUT2D eigenvalue weighted by atomic mass is 10.1. The normalized spacial score (nSPS) is 10.8. The first-order chi connectivity index (χ1) is 9.24. The van der Waals surface area contributed by atoms with Gasteiger partial charge < -0.3 is 10.3 Å². The molecule has 0 radical (unpaired) electrons. The van der Waals surface area contributed by atoms with E-state index in [1.165, 1.54) is 10.9 Å². The van der Waals surface area contributed by atoms with Crippen LogP contribution in [0.15, 0.2) is 48.7 Å². The summed E-state index contributed by atoms with van der Waals surface area (Å²) >= 11 is 12.1. The van der Waals surface area contributed by atoms with Gasteiger partial charge in [0.1, 0.15) is 0 Å². The van der Waals surface area contributed by atoms with Crippen molar-refractivity contribution in [2.24, 2.45) is 0 Å². The minimum absolute atomic E-state index is 0.672. The quantitative estimate of drug-likeness (QED) is 0.691. The molecule has 0 saturated heterocycles. The number of nitrogens with one attached hydrogen (secondary N) is 2. The summed E-state index contributed by atoms with van der Waals surface area (Å²) < 4.78 is 0. The molecule has 0 unspecified atom stereocenters. The van der Waals surface area contributed by atoms with Gasteiger partial charge in [0.05, 0.1) is 10.7 Å².